The number of hydrogen-bond donors (Lipinski definition) is 3. The molecule has 2 fully saturated rings. The minimum Gasteiger partial charge on any atom is -0.296 e. The first kappa shape index (κ1) is 17.0. The van der Waals surface area contributed by atoms with Crippen molar-refractivity contribution < 1.29 is 0 Å². The molecule has 2 aromatic rings. The fourth-order valence-electron chi connectivity index (χ4n) is 4.03. The molecule has 3 N–H and O–H groups in total. The number of nitrogens with one attached hydrogen (secondary N) is 3. The van der Waals surface area contributed by atoms with E-state index in [0.717, 1.165) is 42.7 Å². The molecule has 6 nitrogen and oxygen atoms in total. The van der Waals surface area contributed by atoms with Crippen LogP contribution in [0, 0.1) is 12.8 Å². The molecule has 1 aromatic heterocycles. The van der Waals surface area contributed by atoms with Gasteiger partial charge in [-0.15, -0.1) is 0 Å². The number of aryl methyl sites for hydroxylation is 1. The summed E-state index contributed by atoms with van der Waals surface area (Å²) < 4.78 is 0. The SMILES string of the molecule is Cc1nc(CN2CCC(C3CC(c4ccccc4Cl)NN3)CC2)n[nH]1. The van der Waals surface area contributed by atoms with Crippen LogP contribution in [0.1, 0.15) is 42.5 Å². The predicted molar refractivity (Wildman–Crippen MR) is 98.0 cm³/mol. The van der Waals surface area contributed by atoms with Gasteiger partial charge in [0.15, 0.2) is 5.82 Å². The maximum Gasteiger partial charge on any atom is 0.164 e. The van der Waals surface area contributed by atoms with E-state index in [9.17, 15) is 0 Å². The van der Waals surface area contributed by atoms with Crippen molar-refractivity contribution in [3.05, 3.63) is 46.5 Å². The highest BCUT2D eigenvalue weighted by atomic mass is 35.5. The molecule has 7 heteroatoms. The summed E-state index contributed by atoms with van der Waals surface area (Å²) in [6.07, 6.45) is 3.50. The van der Waals surface area contributed by atoms with E-state index in [0.29, 0.717) is 18.0 Å². The molecule has 0 spiro atoms. The van der Waals surface area contributed by atoms with Crippen LogP contribution in [0.4, 0.5) is 0 Å². The van der Waals surface area contributed by atoms with Crippen LogP contribution in [-0.4, -0.2) is 39.2 Å². The lowest BCUT2D eigenvalue weighted by atomic mass is 9.86. The first-order chi connectivity index (χ1) is 12.2. The van der Waals surface area contributed by atoms with Gasteiger partial charge < -0.3 is 0 Å². The standard InChI is InChI=1S/C18H25ClN6/c1-12-20-18(24-21-12)11-25-8-6-13(7-9-25)16-10-17(23-22-16)14-4-2-3-5-15(14)19/h2-5,13,16-17,22-23H,6-11H2,1H3,(H,20,21,24). The Balaban J connectivity index is 1.29. The number of benzene rings is 1. The lowest BCUT2D eigenvalue weighted by Gasteiger charge is -2.34. The molecule has 0 amide bonds. The molecule has 0 aliphatic carbocycles. The van der Waals surface area contributed by atoms with Crippen LogP contribution in [-0.2, 0) is 6.54 Å². The largest absolute Gasteiger partial charge is 0.296 e. The van der Waals surface area contributed by atoms with Crippen LogP contribution in [0.25, 0.3) is 0 Å². The molecule has 1 aromatic carbocycles. The smallest absolute Gasteiger partial charge is 0.164 e. The maximum atomic E-state index is 6.35. The van der Waals surface area contributed by atoms with Crippen LogP contribution in [0.15, 0.2) is 24.3 Å². The fraction of sp³-hybridized carbons (Fsp3) is 0.556. The quantitative estimate of drug-likeness (QED) is 0.782. The van der Waals surface area contributed by atoms with E-state index in [1.54, 1.807) is 0 Å². The summed E-state index contributed by atoms with van der Waals surface area (Å²) in [4.78, 5) is 6.86. The molecule has 2 atom stereocenters. The third kappa shape index (κ3) is 3.87. The number of hydrazine groups is 1. The minimum absolute atomic E-state index is 0.299. The van der Waals surface area contributed by atoms with Gasteiger partial charge in [-0.3, -0.25) is 15.4 Å². The van der Waals surface area contributed by atoms with Gasteiger partial charge in [0.2, 0.25) is 0 Å². The summed E-state index contributed by atoms with van der Waals surface area (Å²) in [6.45, 7) is 4.99. The van der Waals surface area contributed by atoms with Gasteiger partial charge in [-0.05, 0) is 56.8 Å². The zero-order valence-electron chi connectivity index (χ0n) is 14.5. The Morgan fingerprint density at radius 1 is 1.20 bits per heavy atom. The van der Waals surface area contributed by atoms with Crippen LogP contribution >= 0.6 is 11.6 Å². The van der Waals surface area contributed by atoms with E-state index in [4.69, 9.17) is 11.6 Å². The Hall–Kier alpha value is -1.47. The monoisotopic (exact) mass is 360 g/mol. The number of aromatic nitrogens is 3. The van der Waals surface area contributed by atoms with Crippen LogP contribution in [0.3, 0.4) is 0 Å². The summed E-state index contributed by atoms with van der Waals surface area (Å²) in [7, 11) is 0. The highest BCUT2D eigenvalue weighted by molar-refractivity contribution is 6.31. The van der Waals surface area contributed by atoms with Crippen LogP contribution in [0.5, 0.6) is 0 Å². The molecule has 2 unspecified atom stereocenters. The van der Waals surface area contributed by atoms with Gasteiger partial charge in [-0.25, -0.2) is 10.4 Å². The van der Waals surface area contributed by atoms with Crippen molar-refractivity contribution >= 4 is 11.6 Å². The first-order valence-electron chi connectivity index (χ1n) is 9.05. The third-order valence-electron chi connectivity index (χ3n) is 5.42. The fourth-order valence-corrected chi connectivity index (χ4v) is 4.29. The zero-order valence-corrected chi connectivity index (χ0v) is 15.3. The average molecular weight is 361 g/mol. The molecule has 2 saturated heterocycles. The Kier molecular flexibility index (Phi) is 5.03. The van der Waals surface area contributed by atoms with E-state index in [2.05, 4.69) is 43.1 Å². The lowest BCUT2D eigenvalue weighted by Crippen LogP contribution is -2.42. The third-order valence-corrected chi connectivity index (χ3v) is 5.77. The van der Waals surface area contributed by atoms with E-state index in [1.165, 1.54) is 18.4 Å². The summed E-state index contributed by atoms with van der Waals surface area (Å²) >= 11 is 6.35. The van der Waals surface area contributed by atoms with Crippen LogP contribution < -0.4 is 10.9 Å². The van der Waals surface area contributed by atoms with Crippen molar-refractivity contribution in [2.45, 2.75) is 44.8 Å². The highest BCUT2D eigenvalue weighted by Crippen LogP contribution is 2.33. The van der Waals surface area contributed by atoms with Gasteiger partial charge in [0.05, 0.1) is 6.54 Å². The first-order valence-corrected chi connectivity index (χ1v) is 9.42. The molecular weight excluding hydrogens is 336 g/mol. The van der Waals surface area contributed by atoms with Gasteiger partial charge in [-0.2, -0.15) is 5.10 Å². The molecule has 4 rings (SSSR count). The van der Waals surface area contributed by atoms with Gasteiger partial charge >= 0.3 is 0 Å². The summed E-state index contributed by atoms with van der Waals surface area (Å²) in [5, 5.41) is 8.01. The van der Waals surface area contributed by atoms with Crippen molar-refractivity contribution in [1.82, 2.24) is 30.9 Å². The topological polar surface area (TPSA) is 68.9 Å². The van der Waals surface area contributed by atoms with Gasteiger partial charge in [0, 0.05) is 17.1 Å². The lowest BCUT2D eigenvalue weighted by molar-refractivity contribution is 0.153. The number of rotatable bonds is 4. The van der Waals surface area contributed by atoms with Gasteiger partial charge in [0.1, 0.15) is 5.82 Å². The van der Waals surface area contributed by atoms with E-state index in [-0.39, 0.29) is 0 Å². The summed E-state index contributed by atoms with van der Waals surface area (Å²) in [5.41, 5.74) is 8.15. The van der Waals surface area contributed by atoms with Crippen molar-refractivity contribution in [2.24, 2.45) is 5.92 Å². The molecular formula is C18H25ClN6. The molecule has 2 aliphatic rings. The Morgan fingerprint density at radius 2 is 2.00 bits per heavy atom. The summed E-state index contributed by atoms with van der Waals surface area (Å²) in [5.74, 6) is 2.48. The highest BCUT2D eigenvalue weighted by Gasteiger charge is 2.33. The average Bonchev–Trinajstić information content (AvgIpc) is 3.25. The van der Waals surface area contributed by atoms with Crippen molar-refractivity contribution in [2.75, 3.05) is 13.1 Å². The molecule has 0 saturated carbocycles. The molecule has 3 heterocycles. The van der Waals surface area contributed by atoms with Crippen molar-refractivity contribution in [3.63, 3.8) is 0 Å². The Morgan fingerprint density at radius 3 is 2.72 bits per heavy atom. The molecule has 0 bridgehead atoms. The van der Waals surface area contributed by atoms with Crippen molar-refractivity contribution in [3.8, 4) is 0 Å². The maximum absolute atomic E-state index is 6.35. The van der Waals surface area contributed by atoms with Crippen molar-refractivity contribution in [1.29, 1.82) is 0 Å². The number of halogens is 1. The Labute approximate surface area is 153 Å². The number of piperidine rings is 1. The van der Waals surface area contributed by atoms with Crippen LogP contribution in [0.2, 0.25) is 5.02 Å². The normalized spacial score (nSPS) is 25.5. The van der Waals surface area contributed by atoms with E-state index >= 15 is 0 Å². The number of H-pyrrole nitrogens is 1. The second kappa shape index (κ2) is 7.41. The second-order valence-electron chi connectivity index (χ2n) is 7.16. The summed E-state index contributed by atoms with van der Waals surface area (Å²) in [6, 6.07) is 8.93. The molecule has 2 aliphatic heterocycles. The number of likely N-dealkylation sites (tertiary alicyclic amines) is 1. The molecule has 0 radical (unpaired) electrons. The number of nitrogens with zero attached hydrogens (tertiary/aromatic N) is 3. The predicted octanol–water partition coefficient (Wildman–Crippen LogP) is 2.59. The van der Waals surface area contributed by atoms with Gasteiger partial charge in [0.25, 0.3) is 0 Å². The molecule has 134 valence electrons. The van der Waals surface area contributed by atoms with E-state index < -0.39 is 0 Å². The zero-order chi connectivity index (χ0) is 17.2. The number of hydrogen-bond acceptors (Lipinski definition) is 5. The molecule has 25 heavy (non-hydrogen) atoms. The van der Waals surface area contributed by atoms with Gasteiger partial charge in [-0.1, -0.05) is 29.8 Å². The second-order valence-corrected chi connectivity index (χ2v) is 7.56. The minimum atomic E-state index is 0.299. The Bertz CT molecular complexity index is 709. The number of aromatic amines is 1. The van der Waals surface area contributed by atoms with E-state index in [1.807, 2.05) is 19.1 Å².